The Morgan fingerprint density at radius 1 is 1.23 bits per heavy atom. The molecule has 0 nitrogen and oxygen atoms in total. The largest absolute Gasteiger partial charge is 0.0792 e. The molecular formula is C12H23I. The van der Waals surface area contributed by atoms with Gasteiger partial charge in [-0.2, -0.15) is 0 Å². The van der Waals surface area contributed by atoms with Gasteiger partial charge in [0.25, 0.3) is 0 Å². The van der Waals surface area contributed by atoms with Gasteiger partial charge >= 0.3 is 0 Å². The Morgan fingerprint density at radius 2 is 1.69 bits per heavy atom. The van der Waals surface area contributed by atoms with Crippen molar-refractivity contribution in [2.24, 2.45) is 11.3 Å². The van der Waals surface area contributed by atoms with E-state index in [1.165, 1.54) is 32.1 Å². The van der Waals surface area contributed by atoms with Gasteiger partial charge in [-0.1, -0.05) is 50.3 Å². The summed E-state index contributed by atoms with van der Waals surface area (Å²) in [5, 5.41) is 0. The molecule has 78 valence electrons. The van der Waals surface area contributed by atoms with Crippen LogP contribution in [0.25, 0.3) is 0 Å². The monoisotopic (exact) mass is 294 g/mol. The molecule has 0 amide bonds. The minimum absolute atomic E-state index is 0.531. The SMILES string of the molecule is CC(C)(C)CC1CCC(C)(I)CC1. The van der Waals surface area contributed by atoms with E-state index >= 15 is 0 Å². The highest BCUT2D eigenvalue weighted by Crippen LogP contribution is 2.42. The van der Waals surface area contributed by atoms with E-state index in [0.717, 1.165) is 5.92 Å². The van der Waals surface area contributed by atoms with Crippen LogP contribution >= 0.6 is 22.6 Å². The molecule has 0 aromatic carbocycles. The first kappa shape index (κ1) is 11.8. The zero-order chi connectivity index (χ0) is 10.1. The summed E-state index contributed by atoms with van der Waals surface area (Å²) in [6, 6.07) is 0. The van der Waals surface area contributed by atoms with Gasteiger partial charge in [0.1, 0.15) is 0 Å². The van der Waals surface area contributed by atoms with E-state index < -0.39 is 0 Å². The molecular weight excluding hydrogens is 271 g/mol. The molecule has 0 bridgehead atoms. The Hall–Kier alpha value is 0.730. The molecule has 0 aromatic heterocycles. The molecule has 0 aromatic rings. The highest BCUT2D eigenvalue weighted by molar-refractivity contribution is 14.1. The highest BCUT2D eigenvalue weighted by atomic mass is 127. The maximum atomic E-state index is 2.64. The first-order valence-corrected chi connectivity index (χ1v) is 6.55. The average Bonchev–Trinajstić information content (AvgIpc) is 1.91. The molecule has 1 fully saturated rings. The summed E-state index contributed by atoms with van der Waals surface area (Å²) in [4.78, 5) is 0. The van der Waals surface area contributed by atoms with Gasteiger partial charge in [0, 0.05) is 3.42 Å². The molecule has 1 heteroatoms. The predicted molar refractivity (Wildman–Crippen MR) is 68.5 cm³/mol. The Morgan fingerprint density at radius 3 is 2.08 bits per heavy atom. The second-order valence-corrected chi connectivity index (χ2v) is 8.73. The van der Waals surface area contributed by atoms with Crippen LogP contribution in [0.3, 0.4) is 0 Å². The second kappa shape index (κ2) is 4.08. The standard InChI is InChI=1S/C12H23I/c1-11(2,3)9-10-5-7-12(4,13)8-6-10/h10H,5-9H2,1-4H3. The van der Waals surface area contributed by atoms with Crippen molar-refractivity contribution >= 4 is 22.6 Å². The molecule has 0 N–H and O–H groups in total. The van der Waals surface area contributed by atoms with Crippen molar-refractivity contribution in [2.75, 3.05) is 0 Å². The molecule has 0 aliphatic heterocycles. The molecule has 1 rings (SSSR count). The Balaban J connectivity index is 2.34. The minimum Gasteiger partial charge on any atom is -0.0792 e. The Bertz CT molecular complexity index is 154. The van der Waals surface area contributed by atoms with Crippen LogP contribution in [-0.4, -0.2) is 3.42 Å². The van der Waals surface area contributed by atoms with Crippen molar-refractivity contribution in [2.45, 2.75) is 63.2 Å². The van der Waals surface area contributed by atoms with Crippen LogP contribution in [0.15, 0.2) is 0 Å². The summed E-state index contributed by atoms with van der Waals surface area (Å²) in [7, 11) is 0. The molecule has 0 saturated heterocycles. The average molecular weight is 294 g/mol. The van der Waals surface area contributed by atoms with Crippen molar-refractivity contribution in [3.05, 3.63) is 0 Å². The fourth-order valence-corrected chi connectivity index (χ4v) is 2.97. The van der Waals surface area contributed by atoms with Gasteiger partial charge in [-0.3, -0.25) is 0 Å². The van der Waals surface area contributed by atoms with E-state index in [4.69, 9.17) is 0 Å². The van der Waals surface area contributed by atoms with E-state index in [-0.39, 0.29) is 0 Å². The van der Waals surface area contributed by atoms with E-state index in [1.54, 1.807) is 0 Å². The van der Waals surface area contributed by atoms with Gasteiger partial charge in [0.05, 0.1) is 0 Å². The van der Waals surface area contributed by atoms with E-state index in [2.05, 4.69) is 50.3 Å². The number of hydrogen-bond donors (Lipinski definition) is 0. The van der Waals surface area contributed by atoms with Crippen LogP contribution in [0, 0.1) is 11.3 Å². The Labute approximate surface area is 97.0 Å². The zero-order valence-corrected chi connectivity index (χ0v) is 11.6. The van der Waals surface area contributed by atoms with Gasteiger partial charge in [-0.25, -0.2) is 0 Å². The predicted octanol–water partition coefficient (Wildman–Crippen LogP) is 4.81. The third-order valence-electron chi connectivity index (χ3n) is 3.05. The molecule has 1 aliphatic rings. The van der Waals surface area contributed by atoms with Crippen molar-refractivity contribution in [3.63, 3.8) is 0 Å². The van der Waals surface area contributed by atoms with Crippen LogP contribution in [0.2, 0.25) is 0 Å². The van der Waals surface area contributed by atoms with Crippen LogP contribution in [-0.2, 0) is 0 Å². The number of rotatable bonds is 1. The third kappa shape index (κ3) is 4.66. The summed E-state index contributed by atoms with van der Waals surface area (Å²) in [5.41, 5.74) is 0.531. The van der Waals surface area contributed by atoms with Gasteiger partial charge < -0.3 is 0 Å². The maximum Gasteiger partial charge on any atom is 0.0194 e. The van der Waals surface area contributed by atoms with Crippen LogP contribution < -0.4 is 0 Å². The lowest BCUT2D eigenvalue weighted by Crippen LogP contribution is -2.26. The van der Waals surface area contributed by atoms with Gasteiger partial charge in [0.15, 0.2) is 0 Å². The van der Waals surface area contributed by atoms with Crippen LogP contribution in [0.1, 0.15) is 59.8 Å². The van der Waals surface area contributed by atoms with Gasteiger partial charge in [-0.05, 0) is 43.4 Å². The molecule has 0 unspecified atom stereocenters. The van der Waals surface area contributed by atoms with Crippen LogP contribution in [0.5, 0.6) is 0 Å². The number of alkyl halides is 1. The summed E-state index contributed by atoms with van der Waals surface area (Å²) < 4.78 is 0.603. The van der Waals surface area contributed by atoms with Crippen LogP contribution in [0.4, 0.5) is 0 Å². The molecule has 13 heavy (non-hydrogen) atoms. The topological polar surface area (TPSA) is 0 Å². The molecule has 1 aliphatic carbocycles. The summed E-state index contributed by atoms with van der Waals surface area (Å²) in [5.74, 6) is 1.00. The zero-order valence-electron chi connectivity index (χ0n) is 9.49. The fourth-order valence-electron chi connectivity index (χ4n) is 2.35. The van der Waals surface area contributed by atoms with Gasteiger partial charge in [-0.15, -0.1) is 0 Å². The smallest absolute Gasteiger partial charge is 0.0194 e. The van der Waals surface area contributed by atoms with Crippen molar-refractivity contribution in [1.82, 2.24) is 0 Å². The first-order chi connectivity index (χ1) is 5.79. The molecule has 0 radical (unpaired) electrons. The molecule has 1 saturated carbocycles. The first-order valence-electron chi connectivity index (χ1n) is 5.47. The van der Waals surface area contributed by atoms with E-state index in [9.17, 15) is 0 Å². The lowest BCUT2D eigenvalue weighted by Gasteiger charge is -2.35. The van der Waals surface area contributed by atoms with Crippen molar-refractivity contribution < 1.29 is 0 Å². The maximum absolute atomic E-state index is 2.64. The number of hydrogen-bond acceptors (Lipinski definition) is 0. The summed E-state index contributed by atoms with van der Waals surface area (Å²) in [6.07, 6.45) is 7.18. The summed E-state index contributed by atoms with van der Waals surface area (Å²) in [6.45, 7) is 9.50. The highest BCUT2D eigenvalue weighted by Gasteiger charge is 2.30. The molecule has 0 heterocycles. The van der Waals surface area contributed by atoms with Crippen molar-refractivity contribution in [1.29, 1.82) is 0 Å². The van der Waals surface area contributed by atoms with E-state index in [1.807, 2.05) is 0 Å². The van der Waals surface area contributed by atoms with Gasteiger partial charge in [0.2, 0.25) is 0 Å². The Kier molecular flexibility index (Phi) is 3.70. The minimum atomic E-state index is 0.531. The number of halogens is 1. The lowest BCUT2D eigenvalue weighted by molar-refractivity contribution is 0.227. The fraction of sp³-hybridized carbons (Fsp3) is 1.00. The normalized spacial score (nSPS) is 36.2. The second-order valence-electron chi connectivity index (χ2n) is 6.12. The lowest BCUT2D eigenvalue weighted by atomic mass is 9.75. The quantitative estimate of drug-likeness (QED) is 0.481. The van der Waals surface area contributed by atoms with E-state index in [0.29, 0.717) is 8.84 Å². The summed E-state index contributed by atoms with van der Waals surface area (Å²) >= 11 is 2.64. The molecule has 0 atom stereocenters. The molecule has 0 spiro atoms. The van der Waals surface area contributed by atoms with Crippen molar-refractivity contribution in [3.8, 4) is 0 Å². The third-order valence-corrected chi connectivity index (χ3v) is 4.13.